The maximum atomic E-state index is 12.7. The smallest absolute Gasteiger partial charge is 0.249 e. The molecule has 0 bridgehead atoms. The molecule has 0 radical (unpaired) electrons. The van der Waals surface area contributed by atoms with Crippen molar-refractivity contribution < 1.29 is 9.53 Å². The Bertz CT molecular complexity index is 655. The molecule has 2 atom stereocenters. The monoisotopic (exact) mass is 359 g/mol. The van der Waals surface area contributed by atoms with E-state index >= 15 is 0 Å². The van der Waals surface area contributed by atoms with Crippen molar-refractivity contribution in [1.29, 1.82) is 0 Å². The number of carbonyl (C=O) groups is 1. The van der Waals surface area contributed by atoms with Gasteiger partial charge in [0.25, 0.3) is 0 Å². The zero-order valence-electron chi connectivity index (χ0n) is 15.6. The lowest BCUT2D eigenvalue weighted by atomic mass is 9.82. The normalized spacial score (nSPS) is 26.9. The molecule has 1 saturated heterocycles. The molecule has 2 unspecified atom stereocenters. The Labute approximate surface area is 154 Å². The largest absolute Gasteiger partial charge is 0.368 e. The molecule has 1 aliphatic heterocycles. The number of aromatic nitrogens is 3. The molecule has 142 valence electrons. The molecule has 1 aromatic rings. The van der Waals surface area contributed by atoms with Gasteiger partial charge in [0.2, 0.25) is 5.91 Å². The minimum absolute atomic E-state index is 0.00359. The third-order valence-electron chi connectivity index (χ3n) is 6.06. The fourth-order valence-corrected chi connectivity index (χ4v) is 4.35. The van der Waals surface area contributed by atoms with Crippen molar-refractivity contribution >= 4 is 12.1 Å². The molecule has 1 aromatic heterocycles. The van der Waals surface area contributed by atoms with Gasteiger partial charge in [-0.15, -0.1) is 5.10 Å². The van der Waals surface area contributed by atoms with Crippen molar-refractivity contribution in [3.05, 3.63) is 11.9 Å². The number of rotatable bonds is 6. The van der Waals surface area contributed by atoms with Crippen LogP contribution < -0.4 is 5.32 Å². The zero-order chi connectivity index (χ0) is 18.0. The van der Waals surface area contributed by atoms with Crippen LogP contribution in [0.5, 0.6) is 0 Å². The summed E-state index contributed by atoms with van der Waals surface area (Å²) in [5, 5.41) is 12.1. The van der Waals surface area contributed by atoms with E-state index in [1.807, 2.05) is 17.1 Å². The fourth-order valence-electron chi connectivity index (χ4n) is 4.35. The molecule has 26 heavy (non-hydrogen) atoms. The number of aliphatic imine (C=N–C) groups is 1. The average molecular weight is 359 g/mol. The Morgan fingerprint density at radius 3 is 2.81 bits per heavy atom. The molecular formula is C19H29N5O2. The van der Waals surface area contributed by atoms with E-state index in [1.54, 1.807) is 7.05 Å². The van der Waals surface area contributed by atoms with Crippen molar-refractivity contribution in [3.63, 3.8) is 0 Å². The zero-order valence-corrected chi connectivity index (χ0v) is 15.6. The summed E-state index contributed by atoms with van der Waals surface area (Å²) in [6, 6.07) is -0.0740. The number of ether oxygens (including phenoxy) is 1. The quantitative estimate of drug-likeness (QED) is 0.791. The van der Waals surface area contributed by atoms with Crippen LogP contribution in [0.4, 0.5) is 0 Å². The highest BCUT2D eigenvalue weighted by Gasteiger charge is 2.45. The van der Waals surface area contributed by atoms with Gasteiger partial charge in [0.15, 0.2) is 0 Å². The first-order valence-electron chi connectivity index (χ1n) is 10.00. The van der Waals surface area contributed by atoms with Gasteiger partial charge in [0.1, 0.15) is 11.8 Å². The first-order chi connectivity index (χ1) is 12.7. The maximum Gasteiger partial charge on any atom is 0.249 e. The van der Waals surface area contributed by atoms with Crippen LogP contribution in [-0.4, -0.2) is 46.9 Å². The third kappa shape index (κ3) is 3.54. The van der Waals surface area contributed by atoms with E-state index < -0.39 is 0 Å². The minimum Gasteiger partial charge on any atom is -0.368 e. The predicted molar refractivity (Wildman–Crippen MR) is 98.1 cm³/mol. The summed E-state index contributed by atoms with van der Waals surface area (Å²) < 4.78 is 7.50. The first-order valence-corrected chi connectivity index (χ1v) is 10.00. The lowest BCUT2D eigenvalue weighted by molar-refractivity contribution is -0.131. The second-order valence-corrected chi connectivity index (χ2v) is 7.96. The average Bonchev–Trinajstić information content (AvgIpc) is 3.08. The molecule has 1 N–H and O–H groups in total. The van der Waals surface area contributed by atoms with Crippen LogP contribution in [0.15, 0.2) is 11.2 Å². The first kappa shape index (κ1) is 17.6. The van der Waals surface area contributed by atoms with Gasteiger partial charge >= 0.3 is 0 Å². The summed E-state index contributed by atoms with van der Waals surface area (Å²) >= 11 is 0. The topological polar surface area (TPSA) is 81.4 Å². The van der Waals surface area contributed by atoms with Gasteiger partial charge in [-0.1, -0.05) is 24.5 Å². The highest BCUT2D eigenvalue weighted by Crippen LogP contribution is 2.42. The number of nitrogens with one attached hydrogen (secondary N) is 1. The van der Waals surface area contributed by atoms with E-state index in [-0.39, 0.29) is 23.6 Å². The van der Waals surface area contributed by atoms with Crippen molar-refractivity contribution in [1.82, 2.24) is 20.3 Å². The summed E-state index contributed by atoms with van der Waals surface area (Å²) in [6.07, 6.45) is 13.5. The van der Waals surface area contributed by atoms with E-state index in [9.17, 15) is 4.79 Å². The molecule has 2 aliphatic carbocycles. The van der Waals surface area contributed by atoms with Gasteiger partial charge in [0.05, 0.1) is 17.8 Å². The van der Waals surface area contributed by atoms with E-state index in [4.69, 9.17) is 4.74 Å². The van der Waals surface area contributed by atoms with E-state index in [1.165, 1.54) is 19.3 Å². The van der Waals surface area contributed by atoms with Gasteiger partial charge in [0, 0.05) is 19.9 Å². The Hall–Kier alpha value is -1.76. The summed E-state index contributed by atoms with van der Waals surface area (Å²) in [5.41, 5.74) is 0.773. The van der Waals surface area contributed by atoms with Gasteiger partial charge in [-0.2, -0.15) is 0 Å². The summed E-state index contributed by atoms with van der Waals surface area (Å²) in [4.78, 5) is 16.9. The molecule has 2 heterocycles. The lowest BCUT2D eigenvalue weighted by Crippen LogP contribution is -2.40. The van der Waals surface area contributed by atoms with Gasteiger partial charge in [-0.05, 0) is 44.4 Å². The number of carbonyl (C=O) groups excluding carboxylic acids is 1. The number of hydrogen-bond acceptors (Lipinski definition) is 5. The van der Waals surface area contributed by atoms with E-state index in [0.29, 0.717) is 12.5 Å². The van der Waals surface area contributed by atoms with Gasteiger partial charge in [-0.3, -0.25) is 9.79 Å². The molecule has 7 nitrogen and oxygen atoms in total. The third-order valence-corrected chi connectivity index (χ3v) is 6.06. The fraction of sp³-hybridized carbons (Fsp3) is 0.789. The van der Waals surface area contributed by atoms with Crippen molar-refractivity contribution in [3.8, 4) is 0 Å². The molecule has 1 amide bonds. The second kappa shape index (κ2) is 7.47. The molecular weight excluding hydrogens is 330 g/mol. The van der Waals surface area contributed by atoms with E-state index in [2.05, 4.69) is 20.6 Å². The Kier molecular flexibility index (Phi) is 5.07. The predicted octanol–water partition coefficient (Wildman–Crippen LogP) is 2.38. The van der Waals surface area contributed by atoms with Gasteiger partial charge < -0.3 is 10.1 Å². The molecule has 4 rings (SSSR count). The molecule has 3 fully saturated rings. The highest BCUT2D eigenvalue weighted by molar-refractivity contribution is 5.81. The Balaban J connectivity index is 1.54. The molecule has 3 aliphatic rings. The Morgan fingerprint density at radius 2 is 2.15 bits per heavy atom. The van der Waals surface area contributed by atoms with E-state index in [0.717, 1.165) is 44.2 Å². The summed E-state index contributed by atoms with van der Waals surface area (Å²) in [5.74, 6) is 0.429. The molecule has 2 saturated carbocycles. The SMILES string of the molecule is CN=CC1(n2cc(C(NC(=O)C3CCCO3)C3CCCCC3)nn2)CC1. The van der Waals surface area contributed by atoms with Crippen LogP contribution in [0.25, 0.3) is 0 Å². The number of hydrogen-bond donors (Lipinski definition) is 1. The number of amides is 1. The highest BCUT2D eigenvalue weighted by atomic mass is 16.5. The second-order valence-electron chi connectivity index (χ2n) is 7.96. The molecule has 0 aromatic carbocycles. The van der Waals surface area contributed by atoms with Gasteiger partial charge in [-0.25, -0.2) is 4.68 Å². The maximum absolute atomic E-state index is 12.7. The standard InChI is InChI=1S/C19H29N5O2/c1-20-13-19(9-10-19)24-12-15(22-23-24)17(14-6-3-2-4-7-14)21-18(25)16-8-5-11-26-16/h12-14,16-17H,2-11H2,1H3,(H,21,25). The molecule has 0 spiro atoms. The van der Waals surface area contributed by atoms with Crippen molar-refractivity contribution in [2.45, 2.75) is 75.5 Å². The van der Waals surface area contributed by atoms with Crippen molar-refractivity contribution in [2.75, 3.05) is 13.7 Å². The number of nitrogens with zero attached hydrogens (tertiary/aromatic N) is 4. The van der Waals surface area contributed by atoms with Crippen LogP contribution in [-0.2, 0) is 15.1 Å². The van der Waals surface area contributed by atoms with Crippen LogP contribution in [0.3, 0.4) is 0 Å². The van der Waals surface area contributed by atoms with Crippen molar-refractivity contribution in [2.24, 2.45) is 10.9 Å². The van der Waals surface area contributed by atoms with Crippen LogP contribution >= 0.6 is 0 Å². The molecule has 7 heteroatoms. The van der Waals surface area contributed by atoms with Crippen LogP contribution in [0, 0.1) is 5.92 Å². The van der Waals surface area contributed by atoms with Crippen LogP contribution in [0.1, 0.15) is 69.5 Å². The minimum atomic E-state index is -0.307. The lowest BCUT2D eigenvalue weighted by Gasteiger charge is -2.30. The Morgan fingerprint density at radius 1 is 1.35 bits per heavy atom. The summed E-state index contributed by atoms with van der Waals surface area (Å²) in [7, 11) is 1.80. The van der Waals surface area contributed by atoms with Crippen LogP contribution in [0.2, 0.25) is 0 Å². The summed E-state index contributed by atoms with van der Waals surface area (Å²) in [6.45, 7) is 0.682.